The van der Waals surface area contributed by atoms with E-state index in [0.29, 0.717) is 13.2 Å². The SMILES string of the molecule is CC1(C)COP(=[Se])(NC(=O)C(C)(C)C)OC1. The number of nitrogens with one attached hydrogen (secondary N) is 1. The molecule has 1 fully saturated rings. The van der Waals surface area contributed by atoms with E-state index in [4.69, 9.17) is 9.05 Å². The molecule has 0 aliphatic carbocycles. The molecule has 0 bridgehead atoms. The topological polar surface area (TPSA) is 47.6 Å². The number of rotatable bonds is 1. The summed E-state index contributed by atoms with van der Waals surface area (Å²) < 4.78 is 11.3. The summed E-state index contributed by atoms with van der Waals surface area (Å²) in [7, 11) is 0. The van der Waals surface area contributed by atoms with Crippen LogP contribution in [-0.4, -0.2) is 34.2 Å². The summed E-state index contributed by atoms with van der Waals surface area (Å²) >= 11 is 2.87. The third-order valence-corrected chi connectivity index (χ3v) is 5.49. The van der Waals surface area contributed by atoms with Crippen LogP contribution in [0.1, 0.15) is 34.6 Å². The zero-order valence-electron chi connectivity index (χ0n) is 10.5. The predicted molar refractivity (Wildman–Crippen MR) is 66.0 cm³/mol. The Morgan fingerprint density at radius 3 is 2.12 bits per heavy atom. The first-order valence-corrected chi connectivity index (χ1v) is 9.10. The summed E-state index contributed by atoms with van der Waals surface area (Å²) in [5, 5.41) is 2.85. The van der Waals surface area contributed by atoms with E-state index in [9.17, 15) is 4.79 Å². The van der Waals surface area contributed by atoms with Gasteiger partial charge in [0.25, 0.3) is 0 Å². The van der Waals surface area contributed by atoms with E-state index >= 15 is 0 Å². The summed E-state index contributed by atoms with van der Waals surface area (Å²) in [5.41, 5.74) is -0.420. The zero-order chi connectivity index (χ0) is 12.6. The van der Waals surface area contributed by atoms with Crippen molar-refractivity contribution in [3.05, 3.63) is 0 Å². The summed E-state index contributed by atoms with van der Waals surface area (Å²) in [6.07, 6.45) is -2.32. The van der Waals surface area contributed by atoms with Gasteiger partial charge in [-0.25, -0.2) is 0 Å². The standard InChI is InChI=1S/C10H20NO3PSe/c1-9(2,3)8(12)11-15(16)13-6-10(4,5)7-14-15/h6-7H2,1-5H3,(H,11,12,16). The predicted octanol–water partition coefficient (Wildman–Crippen LogP) is 2.07. The molecule has 0 radical (unpaired) electrons. The fourth-order valence-electron chi connectivity index (χ4n) is 0.955. The van der Waals surface area contributed by atoms with Crippen LogP contribution < -0.4 is 5.09 Å². The quantitative estimate of drug-likeness (QED) is 0.595. The number of hydrogen-bond donors (Lipinski definition) is 1. The second-order valence-electron chi connectivity index (χ2n) is 5.90. The monoisotopic (exact) mass is 313 g/mol. The van der Waals surface area contributed by atoms with Crippen molar-refractivity contribution < 1.29 is 13.8 Å². The molecular weight excluding hydrogens is 292 g/mol. The number of hydrogen-bond acceptors (Lipinski definition) is 3. The first-order chi connectivity index (χ1) is 7.04. The molecule has 0 atom stereocenters. The van der Waals surface area contributed by atoms with Crippen molar-refractivity contribution in [1.29, 1.82) is 0 Å². The normalized spacial score (nSPS) is 23.8. The first-order valence-electron chi connectivity index (χ1n) is 5.26. The van der Waals surface area contributed by atoms with Gasteiger partial charge < -0.3 is 0 Å². The third kappa shape index (κ3) is 3.97. The van der Waals surface area contributed by atoms with E-state index in [2.05, 4.69) is 34.0 Å². The van der Waals surface area contributed by atoms with Crippen molar-refractivity contribution in [3.63, 3.8) is 0 Å². The van der Waals surface area contributed by atoms with E-state index in [1.54, 1.807) is 0 Å². The molecule has 16 heavy (non-hydrogen) atoms. The van der Waals surface area contributed by atoms with Gasteiger partial charge in [0.2, 0.25) is 0 Å². The first kappa shape index (κ1) is 14.4. The molecular formula is C10H20NO3PSe. The van der Waals surface area contributed by atoms with Crippen LogP contribution in [0, 0.1) is 10.8 Å². The fraction of sp³-hybridized carbons (Fsp3) is 0.900. The van der Waals surface area contributed by atoms with Gasteiger partial charge in [0.15, 0.2) is 0 Å². The van der Waals surface area contributed by atoms with E-state index in [0.717, 1.165) is 0 Å². The van der Waals surface area contributed by atoms with Gasteiger partial charge >= 0.3 is 105 Å². The van der Waals surface area contributed by atoms with Crippen LogP contribution >= 0.6 is 6.11 Å². The van der Waals surface area contributed by atoms with Crippen LogP contribution in [0.4, 0.5) is 0 Å². The fourth-order valence-corrected chi connectivity index (χ4v) is 3.97. The van der Waals surface area contributed by atoms with E-state index < -0.39 is 11.5 Å². The maximum atomic E-state index is 11.8. The van der Waals surface area contributed by atoms with Gasteiger partial charge in [-0.3, -0.25) is 0 Å². The molecule has 0 aromatic heterocycles. The molecule has 6 heteroatoms. The van der Waals surface area contributed by atoms with Crippen LogP contribution in [-0.2, 0) is 13.8 Å². The molecule has 1 N–H and O–H groups in total. The van der Waals surface area contributed by atoms with E-state index in [1.807, 2.05) is 20.8 Å². The Morgan fingerprint density at radius 2 is 1.75 bits per heavy atom. The summed E-state index contributed by atoms with van der Waals surface area (Å²) in [4.78, 5) is 11.8. The van der Waals surface area contributed by atoms with Crippen molar-refractivity contribution in [2.24, 2.45) is 10.8 Å². The Balaban J connectivity index is 2.63. The van der Waals surface area contributed by atoms with Crippen molar-refractivity contribution in [2.75, 3.05) is 13.2 Å². The molecule has 0 saturated carbocycles. The molecule has 0 unspecified atom stereocenters. The molecule has 1 heterocycles. The van der Waals surface area contributed by atoms with Gasteiger partial charge in [-0.05, 0) is 0 Å². The molecule has 0 spiro atoms. The Morgan fingerprint density at radius 1 is 1.31 bits per heavy atom. The van der Waals surface area contributed by atoms with E-state index in [-0.39, 0.29) is 11.3 Å². The molecule has 1 rings (SSSR count). The van der Waals surface area contributed by atoms with Crippen LogP contribution in [0.25, 0.3) is 0 Å². The molecule has 0 aromatic rings. The second-order valence-corrected chi connectivity index (χ2v) is 10.7. The Hall–Kier alpha value is 0.339. The van der Waals surface area contributed by atoms with Gasteiger partial charge in [0.1, 0.15) is 0 Å². The minimum absolute atomic E-state index is 0.0137. The molecule has 1 aliphatic rings. The van der Waals surface area contributed by atoms with Crippen molar-refractivity contribution in [3.8, 4) is 0 Å². The Bertz CT molecular complexity index is 321. The zero-order valence-corrected chi connectivity index (χ0v) is 13.1. The molecule has 94 valence electrons. The van der Waals surface area contributed by atoms with Crippen LogP contribution in [0.2, 0.25) is 0 Å². The van der Waals surface area contributed by atoms with Crippen molar-refractivity contribution in [1.82, 2.24) is 5.09 Å². The summed E-state index contributed by atoms with van der Waals surface area (Å²) in [5.74, 6) is -0.0562. The second kappa shape index (κ2) is 4.55. The number of carbonyl (C=O) groups is 1. The summed E-state index contributed by atoms with van der Waals surface area (Å²) in [6, 6.07) is 0. The van der Waals surface area contributed by atoms with Crippen molar-refractivity contribution >= 4 is 27.1 Å². The average molecular weight is 312 g/mol. The summed E-state index contributed by atoms with van der Waals surface area (Å²) in [6.45, 7) is 10.9. The number of amides is 1. The van der Waals surface area contributed by atoms with Gasteiger partial charge in [0, 0.05) is 0 Å². The molecule has 1 aliphatic heterocycles. The van der Waals surface area contributed by atoms with Crippen LogP contribution in [0.3, 0.4) is 0 Å². The Labute approximate surface area is 105 Å². The van der Waals surface area contributed by atoms with Crippen molar-refractivity contribution in [2.45, 2.75) is 34.6 Å². The van der Waals surface area contributed by atoms with Crippen LogP contribution in [0.15, 0.2) is 0 Å². The maximum absolute atomic E-state index is 11.8. The molecule has 4 nitrogen and oxygen atoms in total. The van der Waals surface area contributed by atoms with E-state index in [1.165, 1.54) is 0 Å². The average Bonchev–Trinajstić information content (AvgIpc) is 2.10. The van der Waals surface area contributed by atoms with Gasteiger partial charge in [-0.1, -0.05) is 0 Å². The molecule has 1 saturated heterocycles. The van der Waals surface area contributed by atoms with Crippen LogP contribution in [0.5, 0.6) is 0 Å². The molecule has 1 amide bonds. The van der Waals surface area contributed by atoms with Gasteiger partial charge in [0.05, 0.1) is 0 Å². The molecule has 0 aromatic carbocycles. The number of carbonyl (C=O) groups excluding carboxylic acids is 1. The minimum atomic E-state index is -2.32. The van der Waals surface area contributed by atoms with Gasteiger partial charge in [-0.15, -0.1) is 0 Å². The third-order valence-electron chi connectivity index (χ3n) is 2.17. The Kier molecular flexibility index (Phi) is 4.09. The van der Waals surface area contributed by atoms with Gasteiger partial charge in [-0.2, -0.15) is 0 Å².